The van der Waals surface area contributed by atoms with Crippen LogP contribution >= 0.6 is 0 Å². The highest BCUT2D eigenvalue weighted by molar-refractivity contribution is 5.96. The molecular weight excluding hydrogens is 594 g/mol. The third-order valence-corrected chi connectivity index (χ3v) is 8.15. The number of nitrogens with one attached hydrogen (secondary N) is 3. The number of carbonyl (C=O) groups excluding carboxylic acids is 2. The highest BCUT2D eigenvalue weighted by Crippen LogP contribution is 2.23. The second kappa shape index (κ2) is 17.5. The number of hydroxylamine groups is 1. The molecule has 6 N–H and O–H groups in total. The Kier molecular flexibility index (Phi) is 13.8. The zero-order valence-electron chi connectivity index (χ0n) is 28.0. The number of phenolic OH excluding ortho intramolecular Hbond substituents is 1. The van der Waals surface area contributed by atoms with Gasteiger partial charge in [0.25, 0.3) is 11.8 Å². The largest absolute Gasteiger partial charge is 0.508 e. The molecule has 0 radical (unpaired) electrons. The summed E-state index contributed by atoms with van der Waals surface area (Å²) in [6.07, 6.45) is 7.29. The smallest absolute Gasteiger partial charge is 0.254 e. The van der Waals surface area contributed by atoms with E-state index in [-0.39, 0.29) is 24.8 Å². The van der Waals surface area contributed by atoms with Gasteiger partial charge in [0, 0.05) is 36.0 Å². The summed E-state index contributed by atoms with van der Waals surface area (Å²) in [5.74, 6) is -0.884. The molecule has 3 rings (SSSR count). The van der Waals surface area contributed by atoms with Crippen molar-refractivity contribution in [3.8, 4) is 17.0 Å². The average Bonchev–Trinajstić information content (AvgIpc) is 3.04. The second-order valence-electron chi connectivity index (χ2n) is 12.8. The third-order valence-electron chi connectivity index (χ3n) is 8.15. The van der Waals surface area contributed by atoms with Crippen LogP contribution in [0.2, 0.25) is 0 Å². The molecule has 0 fully saturated rings. The monoisotopic (exact) mass is 643 g/mol. The molecular formula is C37H49N5O5. The first-order chi connectivity index (χ1) is 22.4. The number of rotatable bonds is 16. The number of hydrogen-bond donors (Lipinski definition) is 6. The fourth-order valence-corrected chi connectivity index (χ4v) is 5.27. The summed E-state index contributed by atoms with van der Waals surface area (Å²) >= 11 is 0. The number of aromatic nitrogens is 1. The van der Waals surface area contributed by atoms with Crippen LogP contribution in [-0.4, -0.2) is 62.0 Å². The van der Waals surface area contributed by atoms with E-state index in [1.165, 1.54) is 6.07 Å². The number of phenols is 1. The molecule has 0 saturated heterocycles. The predicted octanol–water partition coefficient (Wildman–Crippen LogP) is 5.31. The summed E-state index contributed by atoms with van der Waals surface area (Å²) in [6.45, 7) is 13.1. The number of carbonyl (C=O) groups is 2. The van der Waals surface area contributed by atoms with Gasteiger partial charge in [0.15, 0.2) is 0 Å². The molecule has 1 heterocycles. The zero-order valence-corrected chi connectivity index (χ0v) is 28.0. The number of hydrazine groups is 1. The summed E-state index contributed by atoms with van der Waals surface area (Å²) in [4.78, 5) is 31.3. The molecule has 10 nitrogen and oxygen atoms in total. The number of nitrogens with zero attached hydrogens (tertiary/aromatic N) is 2. The van der Waals surface area contributed by atoms with E-state index in [9.17, 15) is 25.0 Å². The Hall–Kier alpha value is -4.35. The lowest BCUT2D eigenvalue weighted by Crippen LogP contribution is -2.57. The third kappa shape index (κ3) is 10.9. The summed E-state index contributed by atoms with van der Waals surface area (Å²) in [5, 5.41) is 36.3. The number of pyridine rings is 1. The lowest BCUT2D eigenvalue weighted by molar-refractivity contribution is -0.135. The van der Waals surface area contributed by atoms with Gasteiger partial charge < -0.3 is 20.7 Å². The van der Waals surface area contributed by atoms with Crippen LogP contribution in [0.3, 0.4) is 0 Å². The molecule has 10 heteroatoms. The normalized spacial score (nSPS) is 14.4. The van der Waals surface area contributed by atoms with Gasteiger partial charge >= 0.3 is 0 Å². The molecule has 0 aliphatic carbocycles. The van der Waals surface area contributed by atoms with E-state index in [2.05, 4.69) is 27.8 Å². The minimum absolute atomic E-state index is 0.00365. The fraction of sp³-hybridized carbons (Fsp3) is 0.378. The molecule has 2 aromatic carbocycles. The molecule has 0 aliphatic heterocycles. The number of hydrogen-bond acceptors (Lipinski definition) is 8. The number of aliphatic hydroxyl groups is 1. The van der Waals surface area contributed by atoms with Crippen LogP contribution in [0.15, 0.2) is 91.7 Å². The Morgan fingerprint density at radius 2 is 1.79 bits per heavy atom. The van der Waals surface area contributed by atoms with Crippen LogP contribution in [0.25, 0.3) is 11.3 Å². The van der Waals surface area contributed by atoms with Gasteiger partial charge in [0.1, 0.15) is 11.8 Å². The van der Waals surface area contributed by atoms with Crippen molar-refractivity contribution in [3.05, 3.63) is 108 Å². The Morgan fingerprint density at radius 1 is 1.06 bits per heavy atom. The SMILES string of the molecule is C=C/C=C\[C@@H](CC)CC(NC(=O)c1cccc(O)c1C)C(O)CN(Cc1ccc(-c2ccccn2)cc1)NC(=O)C(NO)C(C)(C)C. The van der Waals surface area contributed by atoms with Crippen molar-refractivity contribution in [2.24, 2.45) is 11.3 Å². The van der Waals surface area contributed by atoms with Crippen molar-refractivity contribution in [1.29, 1.82) is 0 Å². The topological polar surface area (TPSA) is 147 Å². The molecule has 0 spiro atoms. The molecule has 252 valence electrons. The Bertz CT molecular complexity index is 1490. The Morgan fingerprint density at radius 3 is 2.38 bits per heavy atom. The van der Waals surface area contributed by atoms with E-state index in [4.69, 9.17) is 0 Å². The fourth-order valence-electron chi connectivity index (χ4n) is 5.27. The van der Waals surface area contributed by atoms with Gasteiger partial charge in [-0.1, -0.05) is 88.9 Å². The zero-order chi connectivity index (χ0) is 34.6. The van der Waals surface area contributed by atoms with E-state index in [1.54, 1.807) is 36.3 Å². The van der Waals surface area contributed by atoms with Gasteiger partial charge in [0.05, 0.1) is 17.8 Å². The summed E-state index contributed by atoms with van der Waals surface area (Å²) in [5.41, 5.74) is 7.75. The van der Waals surface area contributed by atoms with E-state index in [0.29, 0.717) is 17.5 Å². The summed E-state index contributed by atoms with van der Waals surface area (Å²) in [6, 6.07) is 16.5. The van der Waals surface area contributed by atoms with Crippen LogP contribution < -0.4 is 16.2 Å². The van der Waals surface area contributed by atoms with E-state index < -0.39 is 35.4 Å². The van der Waals surface area contributed by atoms with Crippen molar-refractivity contribution >= 4 is 11.8 Å². The number of benzene rings is 2. The van der Waals surface area contributed by atoms with Crippen LogP contribution in [0.5, 0.6) is 5.75 Å². The van der Waals surface area contributed by atoms with Crippen LogP contribution in [-0.2, 0) is 11.3 Å². The molecule has 0 saturated carbocycles. The Balaban J connectivity index is 1.92. The van der Waals surface area contributed by atoms with E-state index in [0.717, 1.165) is 23.2 Å². The molecule has 2 amide bonds. The minimum atomic E-state index is -1.12. The van der Waals surface area contributed by atoms with E-state index in [1.807, 2.05) is 82.3 Å². The molecule has 1 aromatic heterocycles. The number of amides is 2. The minimum Gasteiger partial charge on any atom is -0.508 e. The quantitative estimate of drug-likeness (QED) is 0.0910. The first-order valence-electron chi connectivity index (χ1n) is 15.9. The maximum atomic E-state index is 13.5. The second-order valence-corrected chi connectivity index (χ2v) is 12.8. The first-order valence-corrected chi connectivity index (χ1v) is 15.9. The lowest BCUT2D eigenvalue weighted by Gasteiger charge is -2.34. The van der Waals surface area contributed by atoms with Crippen LogP contribution in [0, 0.1) is 18.3 Å². The van der Waals surface area contributed by atoms with Crippen LogP contribution in [0.1, 0.15) is 62.0 Å². The maximum Gasteiger partial charge on any atom is 0.254 e. The number of allylic oxidation sites excluding steroid dienone is 3. The van der Waals surface area contributed by atoms with Crippen molar-refractivity contribution in [2.75, 3.05) is 6.54 Å². The first kappa shape index (κ1) is 37.1. The lowest BCUT2D eigenvalue weighted by atomic mass is 9.87. The van der Waals surface area contributed by atoms with E-state index >= 15 is 0 Å². The van der Waals surface area contributed by atoms with Gasteiger partial charge in [0.2, 0.25) is 0 Å². The Labute approximate surface area is 278 Å². The molecule has 4 atom stereocenters. The van der Waals surface area contributed by atoms with Gasteiger partial charge in [-0.05, 0) is 60.9 Å². The highest BCUT2D eigenvalue weighted by Gasteiger charge is 2.33. The van der Waals surface area contributed by atoms with Crippen molar-refractivity contribution < 1.29 is 25.0 Å². The van der Waals surface area contributed by atoms with Gasteiger partial charge in [-0.25, -0.2) is 5.01 Å². The average molecular weight is 644 g/mol. The standard InChI is InChI=1S/C37H49N5O5/c1-7-9-13-26(8-2)22-31(39-35(45)29-14-12-16-32(43)25(29)3)33(44)24-42(40-36(46)34(41-47)37(4,5)6)23-27-17-19-28(20-18-27)30-15-10-11-21-38-30/h7,9-21,26,31,33-34,41,43-44,47H,1,8,22-24H2,2-6H3,(H,39,45)(H,40,46)/b13-9-/t26-,31?,33?,34?/m1/s1. The van der Waals surface area contributed by atoms with Crippen molar-refractivity contribution in [2.45, 2.75) is 72.2 Å². The van der Waals surface area contributed by atoms with Crippen molar-refractivity contribution in [1.82, 2.24) is 26.2 Å². The number of aromatic hydroxyl groups is 1. The molecule has 0 bridgehead atoms. The van der Waals surface area contributed by atoms with Gasteiger partial charge in [-0.3, -0.25) is 20.0 Å². The molecule has 3 unspecified atom stereocenters. The summed E-state index contributed by atoms with van der Waals surface area (Å²) in [7, 11) is 0. The van der Waals surface area contributed by atoms with Crippen LogP contribution in [0.4, 0.5) is 0 Å². The van der Waals surface area contributed by atoms with Crippen molar-refractivity contribution in [3.63, 3.8) is 0 Å². The van der Waals surface area contributed by atoms with Gasteiger partial charge in [-0.15, -0.1) is 0 Å². The van der Waals surface area contributed by atoms with Gasteiger partial charge in [-0.2, -0.15) is 5.48 Å². The summed E-state index contributed by atoms with van der Waals surface area (Å²) < 4.78 is 0. The highest BCUT2D eigenvalue weighted by atomic mass is 16.5. The maximum absolute atomic E-state index is 13.5. The molecule has 47 heavy (non-hydrogen) atoms. The number of aliphatic hydroxyl groups excluding tert-OH is 1. The molecule has 0 aliphatic rings. The molecule has 3 aromatic rings. The predicted molar refractivity (Wildman–Crippen MR) is 184 cm³/mol.